The van der Waals surface area contributed by atoms with Crippen molar-refractivity contribution in [2.45, 2.75) is 19.2 Å². The Bertz CT molecular complexity index is 1130. The summed E-state index contributed by atoms with van der Waals surface area (Å²) in [5.41, 5.74) is 2.19. The molecule has 178 valence electrons. The predicted molar refractivity (Wildman–Crippen MR) is 136 cm³/mol. The van der Waals surface area contributed by atoms with Crippen molar-refractivity contribution < 1.29 is 9.53 Å². The van der Waals surface area contributed by atoms with Crippen molar-refractivity contribution in [3.63, 3.8) is 0 Å². The third-order valence-electron chi connectivity index (χ3n) is 6.36. The number of likely N-dealkylation sites (tertiary alicyclic amines) is 1. The lowest BCUT2D eigenvalue weighted by atomic mass is 10.0. The van der Waals surface area contributed by atoms with Crippen LogP contribution < -0.4 is 4.74 Å². The zero-order chi connectivity index (χ0) is 23.5. The smallest absolute Gasteiger partial charge is 0.282 e. The number of hydrogen-bond donors (Lipinski definition) is 0. The van der Waals surface area contributed by atoms with Crippen molar-refractivity contribution in [2.24, 2.45) is 0 Å². The molecule has 5 rings (SSSR count). The maximum absolute atomic E-state index is 12.5. The summed E-state index contributed by atoms with van der Waals surface area (Å²) < 4.78 is 5.88. The fourth-order valence-electron chi connectivity index (χ4n) is 4.46. The van der Waals surface area contributed by atoms with E-state index in [2.05, 4.69) is 20.9 Å². The molecule has 3 aromatic rings. The van der Waals surface area contributed by atoms with Crippen LogP contribution in [-0.2, 0) is 13.2 Å². The second-order valence-electron chi connectivity index (χ2n) is 8.70. The first kappa shape index (κ1) is 23.6. The molecule has 34 heavy (non-hydrogen) atoms. The van der Waals surface area contributed by atoms with Crippen LogP contribution in [0.5, 0.6) is 5.75 Å². The van der Waals surface area contributed by atoms with Crippen LogP contribution in [0.4, 0.5) is 0 Å². The second kappa shape index (κ2) is 10.6. The first-order chi connectivity index (χ1) is 16.5. The number of carbonyl (C=O) groups is 1. The minimum atomic E-state index is 0.0572. The van der Waals surface area contributed by atoms with Crippen molar-refractivity contribution >= 4 is 40.4 Å². The summed E-state index contributed by atoms with van der Waals surface area (Å²) in [6, 6.07) is 14.2. The van der Waals surface area contributed by atoms with E-state index in [0.717, 1.165) is 51.4 Å². The Morgan fingerprint density at radius 3 is 2.59 bits per heavy atom. The third kappa shape index (κ3) is 5.56. The van der Waals surface area contributed by atoms with E-state index in [0.29, 0.717) is 33.5 Å². The second-order valence-corrected chi connectivity index (χ2v) is 10.4. The zero-order valence-corrected chi connectivity index (χ0v) is 21.0. The van der Waals surface area contributed by atoms with Crippen LogP contribution in [0, 0.1) is 0 Å². The van der Waals surface area contributed by atoms with E-state index in [1.54, 1.807) is 6.20 Å². The molecule has 6 nitrogen and oxygen atoms in total. The van der Waals surface area contributed by atoms with Gasteiger partial charge in [-0.05, 0) is 35.4 Å². The van der Waals surface area contributed by atoms with Crippen LogP contribution >= 0.6 is 34.5 Å². The highest BCUT2D eigenvalue weighted by Gasteiger charge is 2.34. The zero-order valence-electron chi connectivity index (χ0n) is 18.7. The van der Waals surface area contributed by atoms with Crippen molar-refractivity contribution in [1.82, 2.24) is 19.7 Å². The molecule has 2 fully saturated rings. The highest BCUT2D eigenvalue weighted by molar-refractivity contribution is 7.11. The van der Waals surface area contributed by atoms with Gasteiger partial charge in [0.15, 0.2) is 5.01 Å². The fraction of sp³-hybridized carbons (Fsp3) is 0.360. The van der Waals surface area contributed by atoms with Crippen LogP contribution in [0.2, 0.25) is 10.0 Å². The maximum atomic E-state index is 12.5. The molecule has 0 radical (unpaired) electrons. The van der Waals surface area contributed by atoms with Crippen molar-refractivity contribution in [1.29, 1.82) is 0 Å². The molecule has 0 unspecified atom stereocenters. The lowest BCUT2D eigenvalue weighted by Crippen LogP contribution is -2.63. The standard InChI is InChI=1S/C25H26Cl2N4O2S/c26-20-3-1-2-19(12-20)17-33-23-5-4-18(13-22(23)27)14-29-15-21(16-29)30-7-9-31(10-8-30)25(32)24-28-6-11-34-24/h1-6,11-13,21H,7-10,14-17H2. The largest absolute Gasteiger partial charge is 0.487 e. The average molecular weight is 517 g/mol. The quantitative estimate of drug-likeness (QED) is 0.456. The van der Waals surface area contributed by atoms with Gasteiger partial charge in [-0.25, -0.2) is 4.98 Å². The van der Waals surface area contributed by atoms with E-state index < -0.39 is 0 Å². The number of rotatable bonds is 7. The molecule has 2 aromatic carbocycles. The molecular formula is C25H26Cl2N4O2S. The summed E-state index contributed by atoms with van der Waals surface area (Å²) in [7, 11) is 0. The molecule has 2 aliphatic rings. The summed E-state index contributed by atoms with van der Waals surface area (Å²) >= 11 is 13.9. The van der Waals surface area contributed by atoms with Gasteiger partial charge >= 0.3 is 0 Å². The van der Waals surface area contributed by atoms with Crippen LogP contribution in [0.1, 0.15) is 20.9 Å². The monoisotopic (exact) mass is 516 g/mol. The third-order valence-corrected chi connectivity index (χ3v) is 7.65. The highest BCUT2D eigenvalue weighted by atomic mass is 35.5. The van der Waals surface area contributed by atoms with Gasteiger partial charge in [-0.3, -0.25) is 14.6 Å². The minimum Gasteiger partial charge on any atom is -0.487 e. The van der Waals surface area contributed by atoms with E-state index in [-0.39, 0.29) is 5.91 Å². The molecule has 2 saturated heterocycles. The van der Waals surface area contributed by atoms with E-state index in [9.17, 15) is 4.79 Å². The number of aromatic nitrogens is 1. The predicted octanol–water partition coefficient (Wildman–Crippen LogP) is 4.67. The molecule has 1 amide bonds. The molecule has 1 aromatic heterocycles. The van der Waals surface area contributed by atoms with Gasteiger partial charge in [0.1, 0.15) is 12.4 Å². The molecule has 9 heteroatoms. The lowest BCUT2D eigenvalue weighted by Gasteiger charge is -2.48. The number of thiazole rings is 1. The van der Waals surface area contributed by atoms with E-state index >= 15 is 0 Å². The van der Waals surface area contributed by atoms with Gasteiger partial charge in [0.2, 0.25) is 0 Å². The number of halogens is 2. The molecule has 0 bridgehead atoms. The van der Waals surface area contributed by atoms with Gasteiger partial charge in [-0.15, -0.1) is 11.3 Å². The van der Waals surface area contributed by atoms with Crippen LogP contribution in [-0.4, -0.2) is 70.9 Å². The highest BCUT2D eigenvalue weighted by Crippen LogP contribution is 2.28. The minimum absolute atomic E-state index is 0.0572. The Labute approximate surface area is 213 Å². The van der Waals surface area contributed by atoms with Crippen LogP contribution in [0.15, 0.2) is 54.0 Å². The molecule has 0 N–H and O–H groups in total. The van der Waals surface area contributed by atoms with Crippen LogP contribution in [0.3, 0.4) is 0 Å². The average Bonchev–Trinajstić information content (AvgIpc) is 3.35. The summed E-state index contributed by atoms with van der Waals surface area (Å²) in [4.78, 5) is 23.5. The van der Waals surface area contributed by atoms with Crippen molar-refractivity contribution in [2.75, 3.05) is 39.3 Å². The summed E-state index contributed by atoms with van der Waals surface area (Å²) in [6.07, 6.45) is 1.69. The van der Waals surface area contributed by atoms with Gasteiger partial charge in [-0.1, -0.05) is 41.4 Å². The van der Waals surface area contributed by atoms with Crippen LogP contribution in [0.25, 0.3) is 0 Å². The summed E-state index contributed by atoms with van der Waals surface area (Å²) in [5.74, 6) is 0.735. The van der Waals surface area contributed by atoms with Crippen molar-refractivity contribution in [3.05, 3.63) is 80.2 Å². The first-order valence-corrected chi connectivity index (χ1v) is 13.0. The molecular weight excluding hydrogens is 491 g/mol. The Hall–Kier alpha value is -2.16. The molecule has 2 aliphatic heterocycles. The molecule has 0 atom stereocenters. The number of amides is 1. The lowest BCUT2D eigenvalue weighted by molar-refractivity contribution is 0.00257. The van der Waals surface area contributed by atoms with E-state index in [1.165, 1.54) is 16.9 Å². The van der Waals surface area contributed by atoms with Gasteiger partial charge in [0.05, 0.1) is 5.02 Å². The topological polar surface area (TPSA) is 48.9 Å². The molecule has 0 aliphatic carbocycles. The van der Waals surface area contributed by atoms with E-state index in [4.69, 9.17) is 27.9 Å². The first-order valence-electron chi connectivity index (χ1n) is 11.4. The van der Waals surface area contributed by atoms with Gasteiger partial charge in [0.25, 0.3) is 5.91 Å². The Balaban J connectivity index is 1.06. The normalized spacial score (nSPS) is 17.5. The Kier molecular flexibility index (Phi) is 7.37. The number of hydrogen-bond acceptors (Lipinski definition) is 6. The number of carbonyl (C=O) groups excluding carboxylic acids is 1. The number of piperazine rings is 1. The molecule has 0 spiro atoms. The molecule has 3 heterocycles. The summed E-state index contributed by atoms with van der Waals surface area (Å²) in [6.45, 7) is 6.72. The maximum Gasteiger partial charge on any atom is 0.282 e. The van der Waals surface area contributed by atoms with Crippen molar-refractivity contribution in [3.8, 4) is 5.75 Å². The van der Waals surface area contributed by atoms with Gasteiger partial charge in [0, 0.05) is 68.5 Å². The Morgan fingerprint density at radius 1 is 1.06 bits per heavy atom. The van der Waals surface area contributed by atoms with Gasteiger partial charge in [-0.2, -0.15) is 0 Å². The number of ether oxygens (including phenoxy) is 1. The molecule has 0 saturated carbocycles. The number of nitrogens with zero attached hydrogens (tertiary/aromatic N) is 4. The SMILES string of the molecule is O=C(c1nccs1)N1CCN(C2CN(Cc3ccc(OCc4cccc(Cl)c4)c(Cl)c3)C2)CC1. The Morgan fingerprint density at radius 2 is 1.88 bits per heavy atom. The fourth-order valence-corrected chi connectivity index (χ4v) is 5.54. The van der Waals surface area contributed by atoms with Gasteiger partial charge < -0.3 is 9.64 Å². The number of benzene rings is 2. The van der Waals surface area contributed by atoms with E-state index in [1.807, 2.05) is 46.7 Å². The summed E-state index contributed by atoms with van der Waals surface area (Å²) in [5, 5.41) is 3.75.